The summed E-state index contributed by atoms with van der Waals surface area (Å²) in [5, 5.41) is 17.6. The van der Waals surface area contributed by atoms with Gasteiger partial charge >= 0.3 is 5.97 Å². The average Bonchev–Trinajstić information content (AvgIpc) is 2.49. The molecule has 0 amide bonds. The van der Waals surface area contributed by atoms with E-state index in [4.69, 9.17) is 15.1 Å². The molecular formula is C17H21NO3. The van der Waals surface area contributed by atoms with Gasteiger partial charge in [-0.1, -0.05) is 38.3 Å². The highest BCUT2D eigenvalue weighted by Gasteiger charge is 2.08. The molecule has 0 radical (unpaired) electrons. The number of rotatable bonds is 9. The smallest absolute Gasteiger partial charge is 0.328 e. The molecule has 0 aliphatic rings. The van der Waals surface area contributed by atoms with E-state index in [-0.39, 0.29) is 0 Å². The van der Waals surface area contributed by atoms with Crippen molar-refractivity contribution in [2.45, 2.75) is 45.1 Å². The highest BCUT2D eigenvalue weighted by atomic mass is 16.5. The number of carbonyl (C=O) groups is 1. The van der Waals surface area contributed by atoms with Crippen molar-refractivity contribution in [3.8, 4) is 11.8 Å². The van der Waals surface area contributed by atoms with E-state index < -0.39 is 12.1 Å². The number of benzene rings is 1. The van der Waals surface area contributed by atoms with Gasteiger partial charge in [-0.3, -0.25) is 0 Å². The number of unbranched alkanes of at least 4 members (excludes halogenated alkanes) is 3. The molecule has 1 aromatic carbocycles. The Bertz CT molecular complexity index is 500. The summed E-state index contributed by atoms with van der Waals surface area (Å²) in [5.74, 6) is -0.350. The van der Waals surface area contributed by atoms with Crippen LogP contribution in [-0.2, 0) is 4.79 Å². The second-order valence-corrected chi connectivity index (χ2v) is 4.83. The summed E-state index contributed by atoms with van der Waals surface area (Å²) in [5.41, 5.74) is 0.779. The molecule has 0 aliphatic carbocycles. The van der Waals surface area contributed by atoms with Gasteiger partial charge in [0.2, 0.25) is 0 Å². The van der Waals surface area contributed by atoms with Crippen molar-refractivity contribution in [2.75, 3.05) is 0 Å². The van der Waals surface area contributed by atoms with Crippen LogP contribution >= 0.6 is 0 Å². The standard InChI is InChI=1S/C17H21NO3/c1-2-3-4-5-6-16(13-18)21-15-10-7-14(8-11-15)9-12-17(19)20/h7-12,16H,2-6H2,1H3,(H,19,20). The molecule has 0 fully saturated rings. The zero-order valence-corrected chi connectivity index (χ0v) is 12.3. The summed E-state index contributed by atoms with van der Waals surface area (Å²) in [4.78, 5) is 10.4. The fraction of sp³-hybridized carbons (Fsp3) is 0.412. The van der Waals surface area contributed by atoms with Gasteiger partial charge in [-0.15, -0.1) is 0 Å². The van der Waals surface area contributed by atoms with Crippen LogP contribution in [0.4, 0.5) is 0 Å². The minimum Gasteiger partial charge on any atom is -0.478 e. The molecule has 21 heavy (non-hydrogen) atoms. The molecule has 4 heteroatoms. The van der Waals surface area contributed by atoms with E-state index in [0.717, 1.165) is 30.9 Å². The lowest BCUT2D eigenvalue weighted by Gasteiger charge is -2.12. The van der Waals surface area contributed by atoms with Crippen LogP contribution in [0.2, 0.25) is 0 Å². The quantitative estimate of drug-likeness (QED) is 0.550. The number of nitrogens with zero attached hydrogens (tertiary/aromatic N) is 1. The maximum atomic E-state index is 10.4. The molecule has 1 atom stereocenters. The highest BCUT2D eigenvalue weighted by Crippen LogP contribution is 2.17. The molecule has 0 aliphatic heterocycles. The molecular weight excluding hydrogens is 266 g/mol. The Kier molecular flexibility index (Phi) is 7.67. The number of nitriles is 1. The topological polar surface area (TPSA) is 70.3 Å². The van der Waals surface area contributed by atoms with Crippen LogP contribution < -0.4 is 4.74 Å². The lowest BCUT2D eigenvalue weighted by molar-refractivity contribution is -0.131. The first-order chi connectivity index (χ1) is 10.2. The molecule has 0 saturated carbocycles. The molecule has 1 N–H and O–H groups in total. The van der Waals surface area contributed by atoms with Crippen LogP contribution in [0.3, 0.4) is 0 Å². The van der Waals surface area contributed by atoms with Crippen molar-refractivity contribution in [3.05, 3.63) is 35.9 Å². The second kappa shape index (κ2) is 9.60. The third kappa shape index (κ3) is 7.17. The maximum absolute atomic E-state index is 10.4. The largest absolute Gasteiger partial charge is 0.478 e. The Morgan fingerprint density at radius 2 is 2.05 bits per heavy atom. The molecule has 0 spiro atoms. The van der Waals surface area contributed by atoms with Gasteiger partial charge in [0, 0.05) is 6.08 Å². The third-order valence-corrected chi connectivity index (χ3v) is 3.04. The Labute approximate surface area is 125 Å². The number of hydrogen-bond acceptors (Lipinski definition) is 3. The Balaban J connectivity index is 2.49. The summed E-state index contributed by atoms with van der Waals surface area (Å²) >= 11 is 0. The van der Waals surface area contributed by atoms with Gasteiger partial charge in [0.15, 0.2) is 6.10 Å². The summed E-state index contributed by atoms with van der Waals surface area (Å²) in [6, 6.07) is 9.19. The molecule has 1 aromatic rings. The molecule has 4 nitrogen and oxygen atoms in total. The third-order valence-electron chi connectivity index (χ3n) is 3.04. The second-order valence-electron chi connectivity index (χ2n) is 4.83. The molecule has 1 rings (SSSR count). The van der Waals surface area contributed by atoms with Crippen LogP contribution in [0.5, 0.6) is 5.75 Å². The summed E-state index contributed by atoms with van der Waals surface area (Å²) in [6.07, 6.45) is 7.37. The summed E-state index contributed by atoms with van der Waals surface area (Å²) in [7, 11) is 0. The Hall–Kier alpha value is -2.28. The van der Waals surface area contributed by atoms with Crippen LogP contribution in [-0.4, -0.2) is 17.2 Å². The van der Waals surface area contributed by atoms with Crippen molar-refractivity contribution in [2.24, 2.45) is 0 Å². The highest BCUT2D eigenvalue weighted by molar-refractivity contribution is 5.85. The number of aliphatic carboxylic acids is 1. The van der Waals surface area contributed by atoms with Crippen LogP contribution in [0, 0.1) is 11.3 Å². The van der Waals surface area contributed by atoms with Crippen LogP contribution in [0.1, 0.15) is 44.6 Å². The van der Waals surface area contributed by atoms with Gasteiger partial charge in [-0.05, 0) is 36.6 Å². The van der Waals surface area contributed by atoms with Gasteiger partial charge in [0.05, 0.1) is 0 Å². The zero-order chi connectivity index (χ0) is 15.5. The first kappa shape index (κ1) is 16.8. The normalized spacial score (nSPS) is 12.0. The zero-order valence-electron chi connectivity index (χ0n) is 12.3. The van der Waals surface area contributed by atoms with Gasteiger partial charge in [0.25, 0.3) is 0 Å². The van der Waals surface area contributed by atoms with E-state index in [9.17, 15) is 4.79 Å². The van der Waals surface area contributed by atoms with Crippen LogP contribution in [0.25, 0.3) is 6.08 Å². The first-order valence-electron chi connectivity index (χ1n) is 7.23. The first-order valence-corrected chi connectivity index (χ1v) is 7.23. The number of ether oxygens (including phenoxy) is 1. The van der Waals surface area contributed by atoms with E-state index in [1.165, 1.54) is 18.9 Å². The molecule has 112 valence electrons. The molecule has 1 unspecified atom stereocenters. The minimum absolute atomic E-state index is 0.428. The van der Waals surface area contributed by atoms with Gasteiger partial charge < -0.3 is 9.84 Å². The molecule has 0 saturated heterocycles. The van der Waals surface area contributed by atoms with Crippen molar-refractivity contribution in [1.29, 1.82) is 5.26 Å². The Morgan fingerprint density at radius 3 is 2.62 bits per heavy atom. The number of carboxylic acids is 1. The predicted octanol–water partition coefficient (Wildman–Crippen LogP) is 4.03. The van der Waals surface area contributed by atoms with E-state index in [1.54, 1.807) is 24.3 Å². The number of hydrogen-bond donors (Lipinski definition) is 1. The van der Waals surface area contributed by atoms with E-state index in [0.29, 0.717) is 5.75 Å². The predicted molar refractivity (Wildman–Crippen MR) is 81.9 cm³/mol. The summed E-state index contributed by atoms with van der Waals surface area (Å²) in [6.45, 7) is 2.15. The fourth-order valence-electron chi connectivity index (χ4n) is 1.90. The van der Waals surface area contributed by atoms with Crippen molar-refractivity contribution in [1.82, 2.24) is 0 Å². The van der Waals surface area contributed by atoms with Gasteiger partial charge in [-0.25, -0.2) is 4.79 Å². The minimum atomic E-state index is -0.980. The fourth-order valence-corrected chi connectivity index (χ4v) is 1.90. The molecule has 0 bridgehead atoms. The SMILES string of the molecule is CCCCCCC(C#N)Oc1ccc(C=CC(=O)O)cc1. The number of carboxylic acid groups (broad SMARTS) is 1. The monoisotopic (exact) mass is 287 g/mol. The average molecular weight is 287 g/mol. The lowest BCUT2D eigenvalue weighted by Crippen LogP contribution is -2.13. The van der Waals surface area contributed by atoms with Crippen LogP contribution in [0.15, 0.2) is 30.3 Å². The van der Waals surface area contributed by atoms with Gasteiger partial charge in [0.1, 0.15) is 11.8 Å². The van der Waals surface area contributed by atoms with Crippen molar-refractivity contribution >= 4 is 12.0 Å². The maximum Gasteiger partial charge on any atom is 0.328 e. The molecule has 0 heterocycles. The lowest BCUT2D eigenvalue weighted by atomic mass is 10.1. The summed E-state index contributed by atoms with van der Waals surface area (Å²) < 4.78 is 5.62. The van der Waals surface area contributed by atoms with Crippen molar-refractivity contribution < 1.29 is 14.6 Å². The Morgan fingerprint density at radius 1 is 1.33 bits per heavy atom. The van der Waals surface area contributed by atoms with E-state index in [1.807, 2.05) is 0 Å². The molecule has 0 aromatic heterocycles. The van der Waals surface area contributed by atoms with E-state index >= 15 is 0 Å². The van der Waals surface area contributed by atoms with E-state index in [2.05, 4.69) is 13.0 Å². The van der Waals surface area contributed by atoms with Gasteiger partial charge in [-0.2, -0.15) is 5.26 Å². The van der Waals surface area contributed by atoms with Crippen molar-refractivity contribution in [3.63, 3.8) is 0 Å².